The summed E-state index contributed by atoms with van der Waals surface area (Å²) in [6, 6.07) is 0. The van der Waals surface area contributed by atoms with E-state index in [-0.39, 0.29) is 0 Å². The molecule has 0 saturated heterocycles. The Labute approximate surface area is 94.1 Å². The SMILES string of the molecule is Cn1cncc1CNCCCc1ncn[nH]1. The van der Waals surface area contributed by atoms with Crippen LogP contribution in [-0.2, 0) is 20.0 Å². The Morgan fingerprint density at radius 1 is 1.50 bits per heavy atom. The van der Waals surface area contributed by atoms with Gasteiger partial charge in [-0.25, -0.2) is 9.97 Å². The molecule has 0 aromatic carbocycles. The summed E-state index contributed by atoms with van der Waals surface area (Å²) < 4.78 is 2.02. The Morgan fingerprint density at radius 3 is 3.12 bits per heavy atom. The average Bonchev–Trinajstić information content (AvgIpc) is 2.90. The van der Waals surface area contributed by atoms with Gasteiger partial charge in [-0.2, -0.15) is 5.10 Å². The van der Waals surface area contributed by atoms with Gasteiger partial charge in [0.05, 0.1) is 12.0 Å². The standard InChI is InChI=1S/C10H16N6/c1-16-8-12-6-9(16)5-11-4-2-3-10-13-7-14-15-10/h6-8,11H,2-5H2,1H3,(H,13,14,15). The number of hydrogen-bond donors (Lipinski definition) is 2. The fourth-order valence-corrected chi connectivity index (χ4v) is 1.50. The summed E-state index contributed by atoms with van der Waals surface area (Å²) in [4.78, 5) is 8.13. The topological polar surface area (TPSA) is 71.4 Å². The number of nitrogens with zero attached hydrogens (tertiary/aromatic N) is 4. The Morgan fingerprint density at radius 2 is 2.44 bits per heavy atom. The van der Waals surface area contributed by atoms with Crippen molar-refractivity contribution < 1.29 is 0 Å². The molecule has 2 aromatic heterocycles. The quantitative estimate of drug-likeness (QED) is 0.685. The number of aryl methyl sites for hydroxylation is 2. The van der Waals surface area contributed by atoms with Gasteiger partial charge in [0.25, 0.3) is 0 Å². The van der Waals surface area contributed by atoms with Gasteiger partial charge in [0.15, 0.2) is 0 Å². The Bertz CT molecular complexity index is 405. The summed E-state index contributed by atoms with van der Waals surface area (Å²) in [5.74, 6) is 0.947. The molecule has 6 nitrogen and oxygen atoms in total. The number of imidazole rings is 1. The fourth-order valence-electron chi connectivity index (χ4n) is 1.50. The average molecular weight is 220 g/mol. The summed E-state index contributed by atoms with van der Waals surface area (Å²) in [6.45, 7) is 1.82. The van der Waals surface area contributed by atoms with E-state index < -0.39 is 0 Å². The van der Waals surface area contributed by atoms with E-state index in [4.69, 9.17) is 0 Å². The second kappa shape index (κ2) is 5.41. The second-order valence-electron chi connectivity index (χ2n) is 3.71. The molecule has 0 amide bonds. The molecule has 0 aliphatic rings. The predicted molar refractivity (Wildman–Crippen MR) is 59.6 cm³/mol. The number of aromatic nitrogens is 5. The number of rotatable bonds is 6. The highest BCUT2D eigenvalue weighted by molar-refractivity contribution is 4.96. The maximum atomic E-state index is 4.07. The van der Waals surface area contributed by atoms with Gasteiger partial charge in [0, 0.05) is 26.2 Å². The zero-order valence-corrected chi connectivity index (χ0v) is 9.35. The molecule has 0 atom stereocenters. The highest BCUT2D eigenvalue weighted by Gasteiger charge is 1.98. The summed E-state index contributed by atoms with van der Waals surface area (Å²) in [7, 11) is 2.00. The second-order valence-corrected chi connectivity index (χ2v) is 3.71. The van der Waals surface area contributed by atoms with Crippen molar-refractivity contribution in [3.8, 4) is 0 Å². The normalized spacial score (nSPS) is 10.8. The monoisotopic (exact) mass is 220 g/mol. The first-order chi connectivity index (χ1) is 7.86. The van der Waals surface area contributed by atoms with E-state index in [0.29, 0.717) is 0 Å². The van der Waals surface area contributed by atoms with Crippen molar-refractivity contribution in [3.63, 3.8) is 0 Å². The molecule has 0 aliphatic heterocycles. The minimum absolute atomic E-state index is 0.854. The lowest BCUT2D eigenvalue weighted by atomic mass is 10.3. The molecule has 16 heavy (non-hydrogen) atoms. The van der Waals surface area contributed by atoms with Gasteiger partial charge in [0.1, 0.15) is 12.2 Å². The molecular weight excluding hydrogens is 204 g/mol. The van der Waals surface area contributed by atoms with Gasteiger partial charge >= 0.3 is 0 Å². The highest BCUT2D eigenvalue weighted by atomic mass is 15.2. The largest absolute Gasteiger partial charge is 0.337 e. The summed E-state index contributed by atoms with van der Waals surface area (Å²) in [5, 5.41) is 10.0. The molecular formula is C10H16N6. The predicted octanol–water partition coefficient (Wildman–Crippen LogP) is 0.261. The Kier molecular flexibility index (Phi) is 3.66. The van der Waals surface area contributed by atoms with Crippen molar-refractivity contribution in [2.45, 2.75) is 19.4 Å². The van der Waals surface area contributed by atoms with Crippen LogP contribution < -0.4 is 5.32 Å². The van der Waals surface area contributed by atoms with Crippen LogP contribution in [0.5, 0.6) is 0 Å². The number of nitrogens with one attached hydrogen (secondary N) is 2. The number of H-pyrrole nitrogens is 1. The molecule has 0 spiro atoms. The van der Waals surface area contributed by atoms with Crippen LogP contribution in [0.3, 0.4) is 0 Å². The highest BCUT2D eigenvalue weighted by Crippen LogP contribution is 1.96. The lowest BCUT2D eigenvalue weighted by Gasteiger charge is -2.04. The van der Waals surface area contributed by atoms with E-state index in [1.54, 1.807) is 6.33 Å². The molecule has 2 N–H and O–H groups in total. The number of aromatic amines is 1. The third-order valence-electron chi connectivity index (χ3n) is 2.45. The van der Waals surface area contributed by atoms with Crippen molar-refractivity contribution in [2.24, 2.45) is 7.05 Å². The van der Waals surface area contributed by atoms with Gasteiger partial charge in [0.2, 0.25) is 0 Å². The van der Waals surface area contributed by atoms with Crippen molar-refractivity contribution in [2.75, 3.05) is 6.54 Å². The molecule has 0 unspecified atom stereocenters. The van der Waals surface area contributed by atoms with Crippen LogP contribution in [0.1, 0.15) is 17.9 Å². The first-order valence-electron chi connectivity index (χ1n) is 5.36. The van der Waals surface area contributed by atoms with E-state index in [1.165, 1.54) is 5.69 Å². The smallest absolute Gasteiger partial charge is 0.137 e. The van der Waals surface area contributed by atoms with Crippen LogP contribution >= 0.6 is 0 Å². The van der Waals surface area contributed by atoms with Crippen LogP contribution in [0.15, 0.2) is 18.9 Å². The first kappa shape index (κ1) is 10.8. The van der Waals surface area contributed by atoms with Crippen molar-refractivity contribution in [3.05, 3.63) is 30.4 Å². The molecule has 2 aromatic rings. The molecule has 0 saturated carbocycles. The van der Waals surface area contributed by atoms with Gasteiger partial charge in [-0.3, -0.25) is 5.10 Å². The number of hydrogen-bond acceptors (Lipinski definition) is 4. The summed E-state index contributed by atoms with van der Waals surface area (Å²) >= 11 is 0. The van der Waals surface area contributed by atoms with E-state index in [1.807, 2.05) is 24.1 Å². The molecule has 86 valence electrons. The Hall–Kier alpha value is -1.69. The molecule has 0 radical (unpaired) electrons. The zero-order chi connectivity index (χ0) is 11.2. The maximum Gasteiger partial charge on any atom is 0.137 e. The maximum absolute atomic E-state index is 4.07. The van der Waals surface area contributed by atoms with Gasteiger partial charge in [-0.15, -0.1) is 0 Å². The van der Waals surface area contributed by atoms with Crippen LogP contribution in [0, 0.1) is 0 Å². The molecule has 2 heterocycles. The van der Waals surface area contributed by atoms with Gasteiger partial charge in [-0.1, -0.05) is 0 Å². The van der Waals surface area contributed by atoms with Gasteiger partial charge < -0.3 is 9.88 Å². The fraction of sp³-hybridized carbons (Fsp3) is 0.500. The van der Waals surface area contributed by atoms with E-state index in [2.05, 4.69) is 25.5 Å². The van der Waals surface area contributed by atoms with Crippen LogP contribution in [-0.4, -0.2) is 31.3 Å². The lowest BCUT2D eigenvalue weighted by molar-refractivity contribution is 0.618. The summed E-state index contributed by atoms with van der Waals surface area (Å²) in [5.41, 5.74) is 1.19. The lowest BCUT2D eigenvalue weighted by Crippen LogP contribution is -2.17. The third kappa shape index (κ3) is 2.90. The van der Waals surface area contributed by atoms with Crippen molar-refractivity contribution >= 4 is 0 Å². The molecule has 2 rings (SSSR count). The molecule has 0 aliphatic carbocycles. The van der Waals surface area contributed by atoms with Crippen LogP contribution in [0.2, 0.25) is 0 Å². The van der Waals surface area contributed by atoms with E-state index in [9.17, 15) is 0 Å². The molecule has 0 fully saturated rings. The minimum atomic E-state index is 0.854. The zero-order valence-electron chi connectivity index (χ0n) is 9.35. The van der Waals surface area contributed by atoms with E-state index >= 15 is 0 Å². The summed E-state index contributed by atoms with van der Waals surface area (Å²) in [6.07, 6.45) is 7.21. The van der Waals surface area contributed by atoms with Gasteiger partial charge in [-0.05, 0) is 13.0 Å². The van der Waals surface area contributed by atoms with Crippen LogP contribution in [0.4, 0.5) is 0 Å². The molecule has 0 bridgehead atoms. The van der Waals surface area contributed by atoms with E-state index in [0.717, 1.165) is 31.8 Å². The Balaban J connectivity index is 1.61. The molecule has 6 heteroatoms. The first-order valence-corrected chi connectivity index (χ1v) is 5.36. The van der Waals surface area contributed by atoms with Crippen molar-refractivity contribution in [1.29, 1.82) is 0 Å². The third-order valence-corrected chi connectivity index (χ3v) is 2.45. The van der Waals surface area contributed by atoms with Crippen LogP contribution in [0.25, 0.3) is 0 Å². The minimum Gasteiger partial charge on any atom is -0.337 e. The van der Waals surface area contributed by atoms with Crippen molar-refractivity contribution in [1.82, 2.24) is 30.0 Å².